The summed E-state index contributed by atoms with van der Waals surface area (Å²) in [6.07, 6.45) is 2.33. The zero-order valence-electron chi connectivity index (χ0n) is 52.5. The molecule has 0 aromatic heterocycles. The monoisotopic (exact) mass is 1170 g/mol. The third-order valence-corrected chi connectivity index (χ3v) is 15.0. The van der Waals surface area contributed by atoms with Crippen LogP contribution in [0, 0.1) is 29.6 Å². The molecule has 9 atom stereocenters. The van der Waals surface area contributed by atoms with E-state index in [-0.39, 0.29) is 75.5 Å². The van der Waals surface area contributed by atoms with Crippen LogP contribution in [0.25, 0.3) is 0 Å². The molecule has 25 nitrogen and oxygen atoms in total. The van der Waals surface area contributed by atoms with Gasteiger partial charge >= 0.3 is 0 Å². The quantitative estimate of drug-likeness (QED) is 0.0442. The smallest absolute Gasteiger partial charge is 0.248 e. The first kappa shape index (κ1) is 72.7. The molecule has 0 aromatic carbocycles. The molecule has 2 aliphatic heterocycles. The van der Waals surface area contributed by atoms with Crippen LogP contribution in [0.4, 0.5) is 0 Å². The molecule has 12 N–H and O–H groups in total. The van der Waals surface area contributed by atoms with Crippen LogP contribution >= 0.6 is 0 Å². The SMILES string of the molecule is CC[C@H](C)[C@H](NC(=O)[C@H](CC(C)C)NC(=O)[C@H]1CCCN1C(=O)C(C)(C)NC(=O)[C@H](CC(C)C)NC(=O)[C@@H](NC(=O)[C@H](CCC(N)=O)NC(=O)C(C)(C)NC(C)=O)C(C)C)C(=O)NC(C)(C)C(=O)N1CCC[C@@H]1C(=O)N[C@H](CO)CC(C)C. The molecule has 2 rings (SSSR count). The minimum Gasteiger partial charge on any atom is -0.394 e. The number of carbonyl (C=O) groups is 12. The highest BCUT2D eigenvalue weighted by Crippen LogP contribution is 2.25. The van der Waals surface area contributed by atoms with Crippen LogP contribution in [0.15, 0.2) is 0 Å². The average molecular weight is 1180 g/mol. The molecule has 0 bridgehead atoms. The molecule has 0 aromatic rings. The van der Waals surface area contributed by atoms with E-state index < -0.39 is 142 Å². The molecular weight excluding hydrogens is 1070 g/mol. The summed E-state index contributed by atoms with van der Waals surface area (Å²) in [5, 5.41) is 34.4. The first-order chi connectivity index (χ1) is 38.3. The molecule has 472 valence electrons. The molecule has 25 heteroatoms. The topological polar surface area (TPSA) is 366 Å². The maximum Gasteiger partial charge on any atom is 0.248 e. The lowest BCUT2D eigenvalue weighted by molar-refractivity contribution is -0.146. The number of nitrogens with one attached hydrogen (secondary N) is 9. The molecule has 12 amide bonds. The molecule has 83 heavy (non-hydrogen) atoms. The maximum atomic E-state index is 14.5. The Morgan fingerprint density at radius 1 is 0.530 bits per heavy atom. The minimum atomic E-state index is -1.65. The van der Waals surface area contributed by atoms with Crippen LogP contribution in [-0.4, -0.2) is 170 Å². The number of hydrogen-bond donors (Lipinski definition) is 11. The van der Waals surface area contributed by atoms with Crippen molar-refractivity contribution in [1.82, 2.24) is 57.7 Å². The van der Waals surface area contributed by atoms with Crippen molar-refractivity contribution in [2.24, 2.45) is 35.3 Å². The van der Waals surface area contributed by atoms with Gasteiger partial charge < -0.3 is 68.5 Å². The molecule has 2 fully saturated rings. The van der Waals surface area contributed by atoms with Crippen molar-refractivity contribution in [3.8, 4) is 0 Å². The van der Waals surface area contributed by atoms with Crippen molar-refractivity contribution < 1.29 is 62.6 Å². The molecule has 0 radical (unpaired) electrons. The number of primary amides is 1. The van der Waals surface area contributed by atoms with E-state index in [0.717, 1.165) is 0 Å². The summed E-state index contributed by atoms with van der Waals surface area (Å²) in [5.41, 5.74) is 0.743. The highest BCUT2D eigenvalue weighted by atomic mass is 16.3. The van der Waals surface area contributed by atoms with Crippen LogP contribution in [-0.2, 0) is 57.5 Å². The van der Waals surface area contributed by atoms with Gasteiger partial charge in [0.2, 0.25) is 70.9 Å². The predicted octanol–water partition coefficient (Wildman–Crippen LogP) is 0.680. The van der Waals surface area contributed by atoms with Gasteiger partial charge in [0.05, 0.1) is 12.6 Å². The lowest BCUT2D eigenvalue weighted by Crippen LogP contribution is -2.64. The molecule has 0 unspecified atom stereocenters. The third-order valence-electron chi connectivity index (χ3n) is 15.0. The highest BCUT2D eigenvalue weighted by molar-refractivity contribution is 6.01. The van der Waals surface area contributed by atoms with Crippen molar-refractivity contribution in [3.05, 3.63) is 0 Å². The summed E-state index contributed by atoms with van der Waals surface area (Å²) in [6.45, 7) is 28.4. The average Bonchev–Trinajstić information content (AvgIpc) is 4.33. The Morgan fingerprint density at radius 3 is 1.41 bits per heavy atom. The van der Waals surface area contributed by atoms with Crippen LogP contribution in [0.2, 0.25) is 0 Å². The van der Waals surface area contributed by atoms with E-state index in [0.29, 0.717) is 32.1 Å². The fourth-order valence-electron chi connectivity index (χ4n) is 10.3. The van der Waals surface area contributed by atoms with E-state index in [2.05, 4.69) is 47.9 Å². The number of nitrogens with two attached hydrogens (primary N) is 1. The van der Waals surface area contributed by atoms with Crippen LogP contribution in [0.1, 0.15) is 182 Å². The predicted molar refractivity (Wildman–Crippen MR) is 312 cm³/mol. The number of aliphatic hydroxyl groups excluding tert-OH is 1. The van der Waals surface area contributed by atoms with E-state index in [1.165, 1.54) is 58.3 Å². The summed E-state index contributed by atoms with van der Waals surface area (Å²) in [4.78, 5) is 167. The van der Waals surface area contributed by atoms with E-state index in [1.54, 1.807) is 20.8 Å². The van der Waals surface area contributed by atoms with E-state index in [1.807, 2.05) is 48.5 Å². The first-order valence-electron chi connectivity index (χ1n) is 29.6. The Hall–Kier alpha value is -6.40. The second-order valence-corrected chi connectivity index (χ2v) is 25.9. The molecule has 2 saturated heterocycles. The van der Waals surface area contributed by atoms with Gasteiger partial charge in [-0.15, -0.1) is 0 Å². The number of nitrogens with zero attached hydrogens (tertiary/aromatic N) is 2. The normalized spacial score (nSPS) is 18.2. The minimum absolute atomic E-state index is 0.102. The summed E-state index contributed by atoms with van der Waals surface area (Å²) in [7, 11) is 0. The van der Waals surface area contributed by atoms with Gasteiger partial charge in [-0.05, 0) is 122 Å². The van der Waals surface area contributed by atoms with Crippen LogP contribution in [0.3, 0.4) is 0 Å². The van der Waals surface area contributed by atoms with Crippen molar-refractivity contribution in [2.45, 2.75) is 247 Å². The van der Waals surface area contributed by atoms with Crippen LogP contribution in [0.5, 0.6) is 0 Å². The second-order valence-electron chi connectivity index (χ2n) is 25.9. The number of aliphatic hydroxyl groups is 1. The zero-order chi connectivity index (χ0) is 63.6. The lowest BCUT2D eigenvalue weighted by Gasteiger charge is -2.36. The fraction of sp³-hybridized carbons (Fsp3) is 0.793. The van der Waals surface area contributed by atoms with Gasteiger partial charge in [0, 0.05) is 26.4 Å². The molecule has 0 aliphatic carbocycles. The second kappa shape index (κ2) is 32.0. The van der Waals surface area contributed by atoms with Gasteiger partial charge in [-0.25, -0.2) is 0 Å². The van der Waals surface area contributed by atoms with Gasteiger partial charge in [0.1, 0.15) is 58.9 Å². The zero-order valence-corrected chi connectivity index (χ0v) is 52.5. The summed E-state index contributed by atoms with van der Waals surface area (Å²) in [5.74, 6) is -8.85. The van der Waals surface area contributed by atoms with Gasteiger partial charge in [-0.3, -0.25) is 57.5 Å². The van der Waals surface area contributed by atoms with Gasteiger partial charge in [-0.1, -0.05) is 75.7 Å². The molecule has 0 spiro atoms. The first-order valence-corrected chi connectivity index (χ1v) is 29.6. The Bertz CT molecular complexity index is 2320. The number of rotatable bonds is 32. The van der Waals surface area contributed by atoms with Crippen molar-refractivity contribution in [3.63, 3.8) is 0 Å². The third kappa shape index (κ3) is 22.3. The van der Waals surface area contributed by atoms with E-state index in [4.69, 9.17) is 5.73 Å². The molecule has 2 aliphatic rings. The summed E-state index contributed by atoms with van der Waals surface area (Å²) < 4.78 is 0. The highest BCUT2D eigenvalue weighted by Gasteiger charge is 2.46. The van der Waals surface area contributed by atoms with Gasteiger partial charge in [0.15, 0.2) is 0 Å². The summed E-state index contributed by atoms with van der Waals surface area (Å²) in [6, 6.07) is -8.50. The number of hydrogen-bond acceptors (Lipinski definition) is 13. The van der Waals surface area contributed by atoms with Gasteiger partial charge in [0.25, 0.3) is 0 Å². The Morgan fingerprint density at radius 2 is 0.976 bits per heavy atom. The van der Waals surface area contributed by atoms with E-state index in [9.17, 15) is 62.6 Å². The largest absolute Gasteiger partial charge is 0.394 e. The number of carbonyl (C=O) groups excluding carboxylic acids is 12. The fourth-order valence-corrected chi connectivity index (χ4v) is 10.3. The Kier molecular flexibility index (Phi) is 28.1. The number of likely N-dealkylation sites (tertiary alicyclic amines) is 2. The van der Waals surface area contributed by atoms with Crippen molar-refractivity contribution in [2.75, 3.05) is 19.7 Å². The Balaban J connectivity index is 2.30. The lowest BCUT2D eigenvalue weighted by atomic mass is 9.94. The van der Waals surface area contributed by atoms with Gasteiger partial charge in [-0.2, -0.15) is 0 Å². The standard InChI is InChI=1S/C58H102N12O13/c1-18-35(10)45(52(80)68-58(16,17)55(83)69-25-19-21-41(69)49(77)60-37(30-71)27-31(2)3)65-47(75)39(28-32(4)5)61-50(78)42-22-20-26-70(42)54(82)57(14,15)67-48(76)40(29-33(6)7)62-51(79)44(34(8)9)64-46(74)38(23-24-43(59)73)63-53(81)56(12,13)66-36(11)72/h31-35,37-42,44-45,71H,18-30H2,1-17H3,(H2,59,73)(H,60,77)(H,61,78)(H,62,79)(H,63,81)(H,64,74)(H,65,75)(H,66,72)(H,67,76)(H,68,80)/t35-,37-,38-,39-,40-,41+,42+,44-,45-/m0/s1. The molecule has 0 saturated carbocycles. The number of amides is 12. The van der Waals surface area contributed by atoms with Crippen LogP contribution < -0.4 is 53.6 Å². The van der Waals surface area contributed by atoms with E-state index >= 15 is 0 Å². The maximum absolute atomic E-state index is 14.5. The van der Waals surface area contributed by atoms with Crippen molar-refractivity contribution >= 4 is 70.9 Å². The van der Waals surface area contributed by atoms with Crippen molar-refractivity contribution in [1.29, 1.82) is 0 Å². The molecular formula is C58H102N12O13. The molecule has 2 heterocycles. The summed E-state index contributed by atoms with van der Waals surface area (Å²) >= 11 is 0. The Labute approximate surface area is 491 Å².